The number of hydroxylamine groups is 1. The summed E-state index contributed by atoms with van der Waals surface area (Å²) in [6.07, 6.45) is 6.90. The molecule has 8 heteroatoms. The van der Waals surface area contributed by atoms with Gasteiger partial charge in [-0.1, -0.05) is 72.6 Å². The highest BCUT2D eigenvalue weighted by Gasteiger charge is 2.35. The molecule has 0 unspecified atom stereocenters. The number of unbranched alkanes of at least 4 members (excludes halogenated alkanes) is 6. The van der Waals surface area contributed by atoms with Crippen molar-refractivity contribution in [2.24, 2.45) is 11.3 Å². The van der Waals surface area contributed by atoms with Gasteiger partial charge in [0.2, 0.25) is 17.7 Å². The SMILES string of the molecule is CCCCCCCCC[C@H](CC(=O)NO)C(=O)N[C@H]([C@H](O)CC(=O)NC)C(C)(C)C. The minimum atomic E-state index is -1.06. The van der Waals surface area contributed by atoms with Gasteiger partial charge in [-0.15, -0.1) is 0 Å². The van der Waals surface area contributed by atoms with Crippen LogP contribution in [0.15, 0.2) is 0 Å². The van der Waals surface area contributed by atoms with Gasteiger partial charge in [0, 0.05) is 19.4 Å². The van der Waals surface area contributed by atoms with Crippen molar-refractivity contribution in [3.8, 4) is 0 Å². The lowest BCUT2D eigenvalue weighted by Gasteiger charge is -2.36. The maximum Gasteiger partial charge on any atom is 0.244 e. The van der Waals surface area contributed by atoms with Gasteiger partial charge >= 0.3 is 0 Å². The zero-order valence-electron chi connectivity index (χ0n) is 19.4. The van der Waals surface area contributed by atoms with Crippen molar-refractivity contribution >= 4 is 17.7 Å². The van der Waals surface area contributed by atoms with Crippen molar-refractivity contribution in [2.75, 3.05) is 7.05 Å². The van der Waals surface area contributed by atoms with Crippen LogP contribution in [0.25, 0.3) is 0 Å². The summed E-state index contributed by atoms with van der Waals surface area (Å²) in [6, 6.07) is -0.656. The monoisotopic (exact) mass is 429 g/mol. The average molecular weight is 430 g/mol. The van der Waals surface area contributed by atoms with Gasteiger partial charge in [0.25, 0.3) is 0 Å². The molecule has 3 amide bonds. The van der Waals surface area contributed by atoms with Gasteiger partial charge < -0.3 is 15.7 Å². The van der Waals surface area contributed by atoms with Crippen molar-refractivity contribution in [3.63, 3.8) is 0 Å². The molecule has 0 saturated carbocycles. The van der Waals surface area contributed by atoms with Crippen LogP contribution in [-0.2, 0) is 14.4 Å². The van der Waals surface area contributed by atoms with Crippen molar-refractivity contribution in [2.45, 2.75) is 104 Å². The summed E-state index contributed by atoms with van der Waals surface area (Å²) in [6.45, 7) is 7.79. The van der Waals surface area contributed by atoms with E-state index in [2.05, 4.69) is 17.6 Å². The third-order valence-electron chi connectivity index (χ3n) is 5.37. The van der Waals surface area contributed by atoms with Crippen LogP contribution in [-0.4, -0.2) is 47.2 Å². The highest BCUT2D eigenvalue weighted by atomic mass is 16.5. The molecule has 0 heterocycles. The fourth-order valence-electron chi connectivity index (χ4n) is 3.51. The van der Waals surface area contributed by atoms with E-state index in [0.717, 1.165) is 19.3 Å². The van der Waals surface area contributed by atoms with E-state index in [9.17, 15) is 19.5 Å². The number of aliphatic hydroxyl groups is 1. The van der Waals surface area contributed by atoms with E-state index in [1.165, 1.54) is 32.7 Å². The first-order valence-corrected chi connectivity index (χ1v) is 11.2. The lowest BCUT2D eigenvalue weighted by molar-refractivity contribution is -0.136. The molecule has 0 aliphatic rings. The summed E-state index contributed by atoms with van der Waals surface area (Å²) in [5, 5.41) is 24.7. The quantitative estimate of drug-likeness (QED) is 0.155. The number of amides is 3. The summed E-state index contributed by atoms with van der Waals surface area (Å²) in [4.78, 5) is 36.3. The second-order valence-corrected chi connectivity index (χ2v) is 9.14. The van der Waals surface area contributed by atoms with Crippen LogP contribution in [0.2, 0.25) is 0 Å². The Labute approximate surface area is 181 Å². The Morgan fingerprint density at radius 3 is 1.97 bits per heavy atom. The molecule has 0 fully saturated rings. The lowest BCUT2D eigenvalue weighted by atomic mass is 9.81. The Bertz CT molecular complexity index is 519. The summed E-state index contributed by atoms with van der Waals surface area (Å²) >= 11 is 0. The van der Waals surface area contributed by atoms with Gasteiger partial charge in [0.15, 0.2) is 0 Å². The number of aliphatic hydroxyl groups excluding tert-OH is 1. The van der Waals surface area contributed by atoms with Gasteiger partial charge in [0.05, 0.1) is 18.6 Å². The van der Waals surface area contributed by atoms with Crippen LogP contribution in [0.1, 0.15) is 91.9 Å². The lowest BCUT2D eigenvalue weighted by Crippen LogP contribution is -2.53. The molecule has 0 aliphatic heterocycles. The van der Waals surface area contributed by atoms with Crippen LogP contribution in [0.5, 0.6) is 0 Å². The van der Waals surface area contributed by atoms with E-state index in [-0.39, 0.29) is 24.7 Å². The van der Waals surface area contributed by atoms with Gasteiger partial charge in [-0.2, -0.15) is 0 Å². The summed E-state index contributed by atoms with van der Waals surface area (Å²) in [5.74, 6) is -1.88. The zero-order valence-corrected chi connectivity index (χ0v) is 19.4. The third kappa shape index (κ3) is 12.1. The Morgan fingerprint density at radius 2 is 1.47 bits per heavy atom. The first-order chi connectivity index (χ1) is 14.1. The minimum Gasteiger partial charge on any atom is -0.390 e. The normalized spacial score (nSPS) is 14.5. The van der Waals surface area contributed by atoms with E-state index in [0.29, 0.717) is 6.42 Å². The Morgan fingerprint density at radius 1 is 0.900 bits per heavy atom. The van der Waals surface area contributed by atoms with E-state index in [1.807, 2.05) is 20.8 Å². The van der Waals surface area contributed by atoms with Gasteiger partial charge in [-0.25, -0.2) is 5.48 Å². The molecular formula is C22H43N3O5. The van der Waals surface area contributed by atoms with E-state index in [4.69, 9.17) is 5.21 Å². The van der Waals surface area contributed by atoms with Crippen LogP contribution < -0.4 is 16.1 Å². The van der Waals surface area contributed by atoms with Crippen molar-refractivity contribution in [1.82, 2.24) is 16.1 Å². The first-order valence-electron chi connectivity index (χ1n) is 11.2. The predicted molar refractivity (Wildman–Crippen MR) is 117 cm³/mol. The molecule has 8 nitrogen and oxygen atoms in total. The molecule has 3 atom stereocenters. The number of carbonyl (C=O) groups is 3. The molecule has 0 aromatic rings. The minimum absolute atomic E-state index is 0.124. The van der Waals surface area contributed by atoms with Crippen LogP contribution in [0.3, 0.4) is 0 Å². The molecule has 0 bridgehead atoms. The molecule has 0 aromatic carbocycles. The predicted octanol–water partition coefficient (Wildman–Crippen LogP) is 2.67. The highest BCUT2D eigenvalue weighted by Crippen LogP contribution is 2.25. The molecular weight excluding hydrogens is 386 g/mol. The van der Waals surface area contributed by atoms with E-state index in [1.54, 1.807) is 5.48 Å². The fourth-order valence-corrected chi connectivity index (χ4v) is 3.51. The first kappa shape index (κ1) is 28.3. The summed E-state index contributed by atoms with van der Waals surface area (Å²) in [5.41, 5.74) is 1.10. The molecule has 0 spiro atoms. The summed E-state index contributed by atoms with van der Waals surface area (Å²) < 4.78 is 0. The molecule has 0 aromatic heterocycles. The van der Waals surface area contributed by atoms with E-state index >= 15 is 0 Å². The number of carbonyl (C=O) groups excluding carboxylic acids is 3. The van der Waals surface area contributed by atoms with Crippen LogP contribution in [0.4, 0.5) is 0 Å². The molecule has 0 rings (SSSR count). The van der Waals surface area contributed by atoms with Crippen molar-refractivity contribution < 1.29 is 24.7 Å². The van der Waals surface area contributed by atoms with E-state index < -0.39 is 29.4 Å². The number of hydrogen-bond acceptors (Lipinski definition) is 5. The third-order valence-corrected chi connectivity index (χ3v) is 5.37. The van der Waals surface area contributed by atoms with Crippen molar-refractivity contribution in [3.05, 3.63) is 0 Å². The molecule has 176 valence electrons. The Kier molecular flexibility index (Phi) is 14.3. The smallest absolute Gasteiger partial charge is 0.244 e. The average Bonchev–Trinajstić information content (AvgIpc) is 2.68. The largest absolute Gasteiger partial charge is 0.390 e. The fraction of sp³-hybridized carbons (Fsp3) is 0.864. The molecule has 30 heavy (non-hydrogen) atoms. The maximum absolute atomic E-state index is 12.9. The second-order valence-electron chi connectivity index (χ2n) is 9.14. The maximum atomic E-state index is 12.9. The Hall–Kier alpha value is -1.67. The summed E-state index contributed by atoms with van der Waals surface area (Å²) in [7, 11) is 1.49. The topological polar surface area (TPSA) is 128 Å². The second kappa shape index (κ2) is 15.2. The number of rotatable bonds is 15. The van der Waals surface area contributed by atoms with Crippen molar-refractivity contribution in [1.29, 1.82) is 0 Å². The molecule has 0 radical (unpaired) electrons. The zero-order chi connectivity index (χ0) is 23.2. The standard InChI is InChI=1S/C22H43N3O5/c1-6-7-8-9-10-11-12-13-16(14-19(28)25-30)21(29)24-20(22(2,3)4)17(26)15-18(27)23-5/h16-17,20,26,30H,6-15H2,1-5H3,(H,23,27)(H,24,29)(H,25,28)/t16-,17-,20-/m1/s1. The molecule has 5 N–H and O–H groups in total. The van der Waals surface area contributed by atoms with Crippen LogP contribution >= 0.6 is 0 Å². The molecule has 0 saturated heterocycles. The van der Waals surface area contributed by atoms with Gasteiger partial charge in [-0.05, 0) is 11.8 Å². The van der Waals surface area contributed by atoms with Gasteiger partial charge in [0.1, 0.15) is 0 Å². The van der Waals surface area contributed by atoms with Gasteiger partial charge in [-0.3, -0.25) is 19.6 Å². The number of nitrogens with one attached hydrogen (secondary N) is 3. The highest BCUT2D eigenvalue weighted by molar-refractivity contribution is 5.85. The van der Waals surface area contributed by atoms with Crippen LogP contribution in [0, 0.1) is 11.3 Å². The number of hydrogen-bond donors (Lipinski definition) is 5. The molecule has 0 aliphatic carbocycles. The Balaban J connectivity index is 4.98.